The van der Waals surface area contributed by atoms with Crippen molar-refractivity contribution in [3.63, 3.8) is 0 Å². The van der Waals surface area contributed by atoms with Gasteiger partial charge in [-0.05, 0) is 12.1 Å². The van der Waals surface area contributed by atoms with Gasteiger partial charge < -0.3 is 15.2 Å². The monoisotopic (exact) mass is 250 g/mol. The molecule has 0 bridgehead atoms. The second-order valence-corrected chi connectivity index (χ2v) is 4.56. The number of methoxy groups -OCH3 is 1. The van der Waals surface area contributed by atoms with Crippen LogP contribution in [0, 0.1) is 0 Å². The average molecular weight is 250 g/mol. The van der Waals surface area contributed by atoms with E-state index in [0.29, 0.717) is 11.7 Å². The van der Waals surface area contributed by atoms with Gasteiger partial charge in [-0.25, -0.2) is 4.98 Å². The Morgan fingerprint density at radius 1 is 1.29 bits per heavy atom. The largest absolute Gasteiger partial charge is 0.493 e. The highest BCUT2D eigenvalue weighted by atomic mass is 32.1. The van der Waals surface area contributed by atoms with Gasteiger partial charge in [-0.15, -0.1) is 11.3 Å². The van der Waals surface area contributed by atoms with Gasteiger partial charge in [0.05, 0.1) is 13.7 Å². The molecule has 0 aliphatic rings. The normalized spacial score (nSPS) is 10.2. The van der Waals surface area contributed by atoms with E-state index >= 15 is 0 Å². The van der Waals surface area contributed by atoms with E-state index in [2.05, 4.69) is 4.98 Å². The zero-order valence-electron chi connectivity index (χ0n) is 9.55. The van der Waals surface area contributed by atoms with Crippen LogP contribution in [0.4, 0.5) is 5.13 Å². The molecule has 17 heavy (non-hydrogen) atoms. The van der Waals surface area contributed by atoms with Crippen LogP contribution in [-0.2, 0) is 6.42 Å². The van der Waals surface area contributed by atoms with Crippen LogP contribution >= 0.6 is 11.3 Å². The predicted octanol–water partition coefficient (Wildman–Crippen LogP) is 2.36. The Morgan fingerprint density at radius 2 is 2.06 bits per heavy atom. The molecular formula is C12H14N2O2S. The van der Waals surface area contributed by atoms with Crippen LogP contribution in [0.15, 0.2) is 30.5 Å². The van der Waals surface area contributed by atoms with Gasteiger partial charge in [0.25, 0.3) is 0 Å². The second kappa shape index (κ2) is 5.54. The van der Waals surface area contributed by atoms with Crippen molar-refractivity contribution in [1.82, 2.24) is 4.98 Å². The molecular weight excluding hydrogens is 236 g/mol. The summed E-state index contributed by atoms with van der Waals surface area (Å²) in [6.07, 6.45) is 2.58. The van der Waals surface area contributed by atoms with Crippen LogP contribution in [0.2, 0.25) is 0 Å². The molecule has 0 fully saturated rings. The third-order valence-corrected chi connectivity index (χ3v) is 3.13. The lowest BCUT2D eigenvalue weighted by Gasteiger charge is -2.09. The maximum absolute atomic E-state index is 5.65. The van der Waals surface area contributed by atoms with E-state index in [0.717, 1.165) is 22.8 Å². The quantitative estimate of drug-likeness (QED) is 0.885. The first-order chi connectivity index (χ1) is 8.29. The molecule has 0 radical (unpaired) electrons. The lowest BCUT2D eigenvalue weighted by Crippen LogP contribution is -2.01. The molecule has 4 nitrogen and oxygen atoms in total. The minimum Gasteiger partial charge on any atom is -0.493 e. The van der Waals surface area contributed by atoms with Gasteiger partial charge in [-0.3, -0.25) is 0 Å². The van der Waals surface area contributed by atoms with Crippen molar-refractivity contribution in [2.75, 3.05) is 19.5 Å². The van der Waals surface area contributed by atoms with Crippen LogP contribution < -0.4 is 15.2 Å². The van der Waals surface area contributed by atoms with Crippen molar-refractivity contribution >= 4 is 16.5 Å². The molecule has 2 rings (SSSR count). The maximum Gasteiger partial charge on any atom is 0.180 e. The first kappa shape index (κ1) is 11.7. The van der Waals surface area contributed by atoms with Crippen LogP contribution in [0.25, 0.3) is 0 Å². The van der Waals surface area contributed by atoms with E-state index in [1.165, 1.54) is 11.3 Å². The summed E-state index contributed by atoms with van der Waals surface area (Å²) in [6.45, 7) is 0.585. The summed E-state index contributed by atoms with van der Waals surface area (Å²) >= 11 is 1.49. The maximum atomic E-state index is 5.65. The Balaban J connectivity index is 1.89. The van der Waals surface area contributed by atoms with Gasteiger partial charge in [0.2, 0.25) is 0 Å². The van der Waals surface area contributed by atoms with E-state index in [-0.39, 0.29) is 0 Å². The van der Waals surface area contributed by atoms with E-state index in [1.807, 2.05) is 24.3 Å². The predicted molar refractivity (Wildman–Crippen MR) is 68.7 cm³/mol. The van der Waals surface area contributed by atoms with Gasteiger partial charge in [0.1, 0.15) is 0 Å². The number of ether oxygens (including phenoxy) is 2. The highest BCUT2D eigenvalue weighted by Crippen LogP contribution is 2.26. The molecule has 2 N–H and O–H groups in total. The number of hydrogen-bond donors (Lipinski definition) is 1. The molecule has 0 unspecified atom stereocenters. The fraction of sp³-hybridized carbons (Fsp3) is 0.250. The number of hydrogen-bond acceptors (Lipinski definition) is 5. The Kier molecular flexibility index (Phi) is 3.82. The SMILES string of the molecule is COc1ccccc1OCCc1cnc(N)s1. The molecule has 0 spiro atoms. The third-order valence-electron chi connectivity index (χ3n) is 2.25. The number of nitrogens with zero attached hydrogens (tertiary/aromatic N) is 1. The minimum atomic E-state index is 0.585. The molecule has 0 atom stereocenters. The summed E-state index contributed by atoms with van der Waals surface area (Å²) in [4.78, 5) is 5.11. The molecule has 90 valence electrons. The topological polar surface area (TPSA) is 57.4 Å². The highest BCUT2D eigenvalue weighted by molar-refractivity contribution is 7.15. The smallest absolute Gasteiger partial charge is 0.180 e. The fourth-order valence-electron chi connectivity index (χ4n) is 1.44. The highest BCUT2D eigenvalue weighted by Gasteiger charge is 2.03. The lowest BCUT2D eigenvalue weighted by molar-refractivity contribution is 0.298. The number of thiazole rings is 1. The molecule has 0 aliphatic carbocycles. The number of aromatic nitrogens is 1. The molecule has 0 saturated heterocycles. The van der Waals surface area contributed by atoms with Crippen molar-refractivity contribution in [1.29, 1.82) is 0 Å². The second-order valence-electron chi connectivity index (χ2n) is 3.41. The van der Waals surface area contributed by atoms with Crippen molar-refractivity contribution in [3.8, 4) is 11.5 Å². The average Bonchev–Trinajstić information content (AvgIpc) is 2.76. The number of anilines is 1. The zero-order valence-corrected chi connectivity index (χ0v) is 10.4. The number of benzene rings is 1. The summed E-state index contributed by atoms with van der Waals surface area (Å²) in [5, 5.41) is 0.595. The molecule has 5 heteroatoms. The Bertz CT molecular complexity index is 485. The standard InChI is InChI=1S/C12H14N2O2S/c1-15-10-4-2-3-5-11(10)16-7-6-9-8-14-12(13)17-9/h2-5,8H,6-7H2,1H3,(H2,13,14). The number of para-hydroxylation sites is 2. The minimum absolute atomic E-state index is 0.585. The van der Waals surface area contributed by atoms with E-state index < -0.39 is 0 Å². The van der Waals surface area contributed by atoms with Crippen LogP contribution in [0.3, 0.4) is 0 Å². The lowest BCUT2D eigenvalue weighted by atomic mass is 10.3. The van der Waals surface area contributed by atoms with Crippen molar-refractivity contribution in [2.45, 2.75) is 6.42 Å². The Morgan fingerprint density at radius 3 is 2.71 bits per heavy atom. The van der Waals surface area contributed by atoms with Gasteiger partial charge in [-0.1, -0.05) is 12.1 Å². The van der Waals surface area contributed by atoms with Crippen LogP contribution in [0.5, 0.6) is 11.5 Å². The van der Waals surface area contributed by atoms with E-state index in [4.69, 9.17) is 15.2 Å². The number of nitrogen functional groups attached to an aromatic ring is 1. The molecule has 1 aromatic carbocycles. The number of nitrogens with two attached hydrogens (primary N) is 1. The number of rotatable bonds is 5. The summed E-state index contributed by atoms with van der Waals surface area (Å²) in [5.41, 5.74) is 5.55. The summed E-state index contributed by atoms with van der Waals surface area (Å²) in [7, 11) is 1.63. The van der Waals surface area contributed by atoms with Gasteiger partial charge >= 0.3 is 0 Å². The molecule has 1 heterocycles. The third kappa shape index (κ3) is 3.10. The van der Waals surface area contributed by atoms with Gasteiger partial charge in [-0.2, -0.15) is 0 Å². The van der Waals surface area contributed by atoms with E-state index in [9.17, 15) is 0 Å². The zero-order chi connectivity index (χ0) is 12.1. The summed E-state index contributed by atoms with van der Waals surface area (Å²) in [5.74, 6) is 1.50. The van der Waals surface area contributed by atoms with E-state index in [1.54, 1.807) is 13.3 Å². The van der Waals surface area contributed by atoms with Gasteiger partial charge in [0.15, 0.2) is 16.6 Å². The summed E-state index contributed by atoms with van der Waals surface area (Å²) in [6, 6.07) is 7.60. The van der Waals surface area contributed by atoms with Crippen molar-refractivity contribution in [2.24, 2.45) is 0 Å². The summed E-state index contributed by atoms with van der Waals surface area (Å²) < 4.78 is 10.9. The van der Waals surface area contributed by atoms with Crippen molar-refractivity contribution < 1.29 is 9.47 Å². The molecule has 0 saturated carbocycles. The molecule has 2 aromatic rings. The first-order valence-corrected chi connectivity index (χ1v) is 6.07. The Labute approximate surface area is 104 Å². The first-order valence-electron chi connectivity index (χ1n) is 5.25. The molecule has 0 amide bonds. The fourth-order valence-corrected chi connectivity index (χ4v) is 2.10. The molecule has 1 aromatic heterocycles. The molecule has 0 aliphatic heterocycles. The van der Waals surface area contributed by atoms with Gasteiger partial charge in [0, 0.05) is 17.5 Å². The Hall–Kier alpha value is -1.75. The van der Waals surface area contributed by atoms with Crippen LogP contribution in [-0.4, -0.2) is 18.7 Å². The van der Waals surface area contributed by atoms with Crippen molar-refractivity contribution in [3.05, 3.63) is 35.3 Å². The van der Waals surface area contributed by atoms with Crippen LogP contribution in [0.1, 0.15) is 4.88 Å².